The van der Waals surface area contributed by atoms with Crippen LogP contribution in [0, 0.1) is 6.92 Å². The molecule has 0 unspecified atom stereocenters. The molecule has 2 rings (SSSR count). The number of hydrogen-bond acceptors (Lipinski definition) is 6. The van der Waals surface area contributed by atoms with Crippen molar-refractivity contribution in [1.29, 1.82) is 0 Å². The molecule has 0 bridgehead atoms. The second kappa shape index (κ2) is 9.00. The van der Waals surface area contributed by atoms with E-state index in [1.807, 2.05) is 6.07 Å². The van der Waals surface area contributed by atoms with E-state index < -0.39 is 18.0 Å². The van der Waals surface area contributed by atoms with E-state index in [4.69, 9.17) is 9.47 Å². The van der Waals surface area contributed by atoms with Gasteiger partial charge >= 0.3 is 18.0 Å². The van der Waals surface area contributed by atoms with E-state index in [2.05, 4.69) is 10.6 Å². The molecule has 8 heteroatoms. The summed E-state index contributed by atoms with van der Waals surface area (Å²) in [7, 11) is 0. The van der Waals surface area contributed by atoms with Crippen LogP contribution in [0.25, 0.3) is 0 Å². The van der Waals surface area contributed by atoms with Crippen LogP contribution in [-0.4, -0.2) is 31.2 Å². The monoisotopic (exact) mass is 376 g/mol. The molecule has 1 heterocycles. The van der Waals surface area contributed by atoms with Gasteiger partial charge < -0.3 is 14.8 Å². The third-order valence-electron chi connectivity index (χ3n) is 3.35. The largest absolute Gasteiger partial charge is 0.462 e. The zero-order valence-electron chi connectivity index (χ0n) is 14.8. The van der Waals surface area contributed by atoms with Crippen LogP contribution in [0.1, 0.15) is 39.4 Å². The van der Waals surface area contributed by atoms with Crippen molar-refractivity contribution in [2.24, 2.45) is 0 Å². The van der Waals surface area contributed by atoms with Gasteiger partial charge in [-0.3, -0.25) is 5.32 Å². The lowest BCUT2D eigenvalue weighted by atomic mass is 10.1. The van der Waals surface area contributed by atoms with Crippen LogP contribution in [0.15, 0.2) is 30.3 Å². The summed E-state index contributed by atoms with van der Waals surface area (Å²) in [5.41, 5.74) is 1.17. The number of carbonyl (C=O) groups excluding carboxylic acids is 3. The Kier molecular flexibility index (Phi) is 6.74. The average molecular weight is 376 g/mol. The van der Waals surface area contributed by atoms with E-state index in [1.165, 1.54) is 0 Å². The van der Waals surface area contributed by atoms with Gasteiger partial charge in [0.2, 0.25) is 0 Å². The SMILES string of the molecule is CCOC(=O)c1sc(NC(=O)Nc2ccccc2)c(C(=O)OCC)c1C. The number of hydrogen-bond donors (Lipinski definition) is 2. The first-order valence-corrected chi connectivity index (χ1v) is 8.90. The van der Waals surface area contributed by atoms with Gasteiger partial charge in [0.15, 0.2) is 0 Å². The van der Waals surface area contributed by atoms with Crippen molar-refractivity contribution in [3.05, 3.63) is 46.3 Å². The Hall–Kier alpha value is -2.87. The van der Waals surface area contributed by atoms with Crippen molar-refractivity contribution in [2.45, 2.75) is 20.8 Å². The van der Waals surface area contributed by atoms with Crippen LogP contribution < -0.4 is 10.6 Å². The molecule has 0 saturated heterocycles. The molecule has 0 radical (unpaired) electrons. The number of anilines is 2. The summed E-state index contributed by atoms with van der Waals surface area (Å²) in [6.07, 6.45) is 0. The summed E-state index contributed by atoms with van der Waals surface area (Å²) in [6, 6.07) is 8.33. The van der Waals surface area contributed by atoms with Crippen LogP contribution in [0.3, 0.4) is 0 Å². The molecule has 1 aromatic heterocycles. The van der Waals surface area contributed by atoms with E-state index in [9.17, 15) is 14.4 Å². The summed E-state index contributed by atoms with van der Waals surface area (Å²) in [6.45, 7) is 5.39. The Labute approximate surface area is 155 Å². The summed E-state index contributed by atoms with van der Waals surface area (Å²) >= 11 is 0.980. The van der Waals surface area contributed by atoms with E-state index in [0.29, 0.717) is 11.3 Å². The summed E-state index contributed by atoms with van der Waals surface area (Å²) < 4.78 is 10.1. The number of nitrogens with one attached hydrogen (secondary N) is 2. The standard InChI is InChI=1S/C18H20N2O5S/c1-4-24-16(21)13-11(3)14(17(22)25-5-2)26-15(13)20-18(23)19-12-9-7-6-8-10-12/h6-10H,4-5H2,1-3H3,(H2,19,20,23). The highest BCUT2D eigenvalue weighted by atomic mass is 32.1. The third-order valence-corrected chi connectivity index (χ3v) is 4.53. The fourth-order valence-corrected chi connectivity index (χ4v) is 3.31. The molecular weight excluding hydrogens is 356 g/mol. The molecule has 0 spiro atoms. The molecule has 0 aliphatic carbocycles. The molecule has 0 atom stereocenters. The summed E-state index contributed by atoms with van der Waals surface area (Å²) in [4.78, 5) is 36.9. The van der Waals surface area contributed by atoms with Crippen molar-refractivity contribution in [2.75, 3.05) is 23.8 Å². The second-order valence-corrected chi connectivity index (χ2v) is 6.17. The maximum atomic E-state index is 12.3. The lowest BCUT2D eigenvalue weighted by Crippen LogP contribution is -2.20. The minimum atomic E-state index is -0.605. The van der Waals surface area contributed by atoms with Crippen LogP contribution in [-0.2, 0) is 9.47 Å². The van der Waals surface area contributed by atoms with Gasteiger partial charge in [-0.2, -0.15) is 0 Å². The smallest absolute Gasteiger partial charge is 0.348 e. The van der Waals surface area contributed by atoms with Crippen LogP contribution in [0.4, 0.5) is 15.5 Å². The first-order chi connectivity index (χ1) is 12.5. The van der Waals surface area contributed by atoms with E-state index >= 15 is 0 Å². The zero-order valence-corrected chi connectivity index (χ0v) is 15.6. The number of amides is 2. The van der Waals surface area contributed by atoms with Gasteiger partial charge in [-0.1, -0.05) is 18.2 Å². The van der Waals surface area contributed by atoms with E-state index in [-0.39, 0.29) is 28.7 Å². The molecule has 0 aliphatic heterocycles. The minimum absolute atomic E-state index is 0.156. The molecular formula is C18H20N2O5S. The van der Waals surface area contributed by atoms with E-state index in [0.717, 1.165) is 11.3 Å². The summed E-state index contributed by atoms with van der Waals surface area (Å²) in [5, 5.41) is 5.51. The maximum Gasteiger partial charge on any atom is 0.348 e. The maximum absolute atomic E-state index is 12.3. The molecule has 2 N–H and O–H groups in total. The number of carbonyl (C=O) groups is 3. The molecule has 0 fully saturated rings. The van der Waals surface area contributed by atoms with Crippen LogP contribution in [0.5, 0.6) is 0 Å². The molecule has 1 aromatic carbocycles. The average Bonchev–Trinajstić information content (AvgIpc) is 2.92. The predicted molar refractivity (Wildman–Crippen MR) is 100 cm³/mol. The normalized spacial score (nSPS) is 10.1. The Morgan fingerprint density at radius 2 is 1.58 bits per heavy atom. The number of thiophene rings is 1. The molecule has 0 saturated carbocycles. The van der Waals surface area contributed by atoms with Gasteiger partial charge in [-0.15, -0.1) is 11.3 Å². The summed E-state index contributed by atoms with van der Waals surface area (Å²) in [5.74, 6) is -1.15. The van der Waals surface area contributed by atoms with Crippen molar-refractivity contribution < 1.29 is 23.9 Å². The second-order valence-electron chi connectivity index (χ2n) is 5.15. The van der Waals surface area contributed by atoms with Gasteiger partial charge in [-0.25, -0.2) is 14.4 Å². The molecule has 26 heavy (non-hydrogen) atoms. The molecule has 7 nitrogen and oxygen atoms in total. The predicted octanol–water partition coefficient (Wildman–Crippen LogP) is 4.05. The molecule has 2 aromatic rings. The number of benzene rings is 1. The number of rotatable bonds is 6. The van der Waals surface area contributed by atoms with Crippen molar-refractivity contribution in [3.63, 3.8) is 0 Å². The van der Waals surface area contributed by atoms with Gasteiger partial charge in [0.1, 0.15) is 9.88 Å². The minimum Gasteiger partial charge on any atom is -0.462 e. The number of para-hydroxylation sites is 1. The van der Waals surface area contributed by atoms with Crippen molar-refractivity contribution >= 4 is 40.0 Å². The molecule has 0 aliphatic rings. The van der Waals surface area contributed by atoms with Gasteiger partial charge in [0.05, 0.1) is 18.8 Å². The number of urea groups is 1. The van der Waals surface area contributed by atoms with Crippen LogP contribution >= 0.6 is 11.3 Å². The van der Waals surface area contributed by atoms with Gasteiger partial charge in [-0.05, 0) is 38.5 Å². The van der Waals surface area contributed by atoms with Crippen molar-refractivity contribution in [3.8, 4) is 0 Å². The van der Waals surface area contributed by atoms with Crippen molar-refractivity contribution in [1.82, 2.24) is 0 Å². The topological polar surface area (TPSA) is 93.7 Å². The molecule has 138 valence electrons. The van der Waals surface area contributed by atoms with Gasteiger partial charge in [0.25, 0.3) is 0 Å². The third kappa shape index (κ3) is 4.60. The quantitative estimate of drug-likeness (QED) is 0.742. The fraction of sp³-hybridized carbons (Fsp3) is 0.278. The lowest BCUT2D eigenvalue weighted by Gasteiger charge is -2.08. The highest BCUT2D eigenvalue weighted by Crippen LogP contribution is 2.34. The first-order valence-electron chi connectivity index (χ1n) is 8.08. The number of ether oxygens (including phenoxy) is 2. The fourth-order valence-electron chi connectivity index (χ4n) is 2.23. The Bertz CT molecular complexity index is 801. The van der Waals surface area contributed by atoms with Gasteiger partial charge in [0, 0.05) is 5.69 Å². The Morgan fingerprint density at radius 3 is 2.19 bits per heavy atom. The molecule has 2 amide bonds. The first kappa shape index (κ1) is 19.5. The highest BCUT2D eigenvalue weighted by Gasteiger charge is 2.27. The number of esters is 2. The Balaban J connectivity index is 2.30. The highest BCUT2D eigenvalue weighted by molar-refractivity contribution is 7.18. The van der Waals surface area contributed by atoms with Crippen LogP contribution in [0.2, 0.25) is 0 Å². The lowest BCUT2D eigenvalue weighted by molar-refractivity contribution is 0.0527. The zero-order chi connectivity index (χ0) is 19.1. The Morgan fingerprint density at radius 1 is 0.962 bits per heavy atom. The van der Waals surface area contributed by atoms with E-state index in [1.54, 1.807) is 45.0 Å².